The molecular weight excluding hydrogens is 212 g/mol. The number of aromatic nitrogens is 2. The number of hydrogen-bond acceptors (Lipinski definition) is 4. The van der Waals surface area contributed by atoms with Crippen LogP contribution in [0.15, 0.2) is 42.9 Å². The molecule has 84 valence electrons. The molecule has 0 amide bonds. The lowest BCUT2D eigenvalue weighted by Gasteiger charge is -2.15. The van der Waals surface area contributed by atoms with Gasteiger partial charge < -0.3 is 5.32 Å². The first-order valence-corrected chi connectivity index (χ1v) is 5.33. The van der Waals surface area contributed by atoms with Gasteiger partial charge in [0.25, 0.3) is 0 Å². The van der Waals surface area contributed by atoms with Crippen LogP contribution in [0.3, 0.4) is 0 Å². The largest absolute Gasteiger partial charge is 0.362 e. The monoisotopic (exact) mass is 224 g/mol. The predicted octanol–water partition coefficient (Wildman–Crippen LogP) is 2.52. The van der Waals surface area contributed by atoms with E-state index in [4.69, 9.17) is 5.26 Å². The van der Waals surface area contributed by atoms with Crippen LogP contribution in [-0.4, -0.2) is 9.97 Å². The average molecular weight is 224 g/mol. The summed E-state index contributed by atoms with van der Waals surface area (Å²) in [4.78, 5) is 8.14. The number of pyridine rings is 2. The maximum absolute atomic E-state index is 8.96. The van der Waals surface area contributed by atoms with E-state index in [-0.39, 0.29) is 6.04 Å². The predicted molar refractivity (Wildman–Crippen MR) is 65.2 cm³/mol. The molecule has 0 aliphatic carbocycles. The Kier molecular flexibility index (Phi) is 3.31. The van der Waals surface area contributed by atoms with Crippen LogP contribution in [0.25, 0.3) is 0 Å². The third-order valence-electron chi connectivity index (χ3n) is 2.49. The third kappa shape index (κ3) is 2.58. The summed E-state index contributed by atoms with van der Waals surface area (Å²) in [6, 6.07) is 9.57. The summed E-state index contributed by atoms with van der Waals surface area (Å²) in [6.45, 7) is 2.02. The Bertz CT molecular complexity index is 531. The first-order valence-electron chi connectivity index (χ1n) is 5.33. The molecule has 17 heavy (non-hydrogen) atoms. The van der Waals surface area contributed by atoms with Crippen molar-refractivity contribution >= 4 is 5.82 Å². The summed E-state index contributed by atoms with van der Waals surface area (Å²) in [7, 11) is 0. The molecule has 0 saturated heterocycles. The average Bonchev–Trinajstić information content (AvgIpc) is 2.40. The van der Waals surface area contributed by atoms with E-state index in [2.05, 4.69) is 21.4 Å². The quantitative estimate of drug-likeness (QED) is 0.870. The fourth-order valence-corrected chi connectivity index (χ4v) is 1.55. The minimum atomic E-state index is 0.0833. The second kappa shape index (κ2) is 5.08. The Morgan fingerprint density at radius 3 is 2.71 bits per heavy atom. The van der Waals surface area contributed by atoms with E-state index in [1.54, 1.807) is 30.7 Å². The van der Waals surface area contributed by atoms with Crippen molar-refractivity contribution in [2.24, 2.45) is 0 Å². The van der Waals surface area contributed by atoms with Crippen molar-refractivity contribution in [2.45, 2.75) is 13.0 Å². The number of nitrogens with one attached hydrogen (secondary N) is 1. The molecule has 0 radical (unpaired) electrons. The first-order chi connectivity index (χ1) is 8.31. The summed E-state index contributed by atoms with van der Waals surface area (Å²) >= 11 is 0. The molecule has 0 saturated carbocycles. The fraction of sp³-hybridized carbons (Fsp3) is 0.154. The van der Waals surface area contributed by atoms with Gasteiger partial charge in [-0.15, -0.1) is 0 Å². The second-order valence-electron chi connectivity index (χ2n) is 3.66. The molecule has 0 fully saturated rings. The highest BCUT2D eigenvalue weighted by Gasteiger charge is 2.08. The van der Waals surface area contributed by atoms with Crippen LogP contribution in [0.4, 0.5) is 5.82 Å². The topological polar surface area (TPSA) is 61.6 Å². The van der Waals surface area contributed by atoms with Gasteiger partial charge in [-0.05, 0) is 36.8 Å². The van der Waals surface area contributed by atoms with Crippen molar-refractivity contribution < 1.29 is 0 Å². The molecule has 4 heteroatoms. The Hall–Kier alpha value is -2.41. The highest BCUT2D eigenvalue weighted by atomic mass is 15.0. The zero-order valence-corrected chi connectivity index (χ0v) is 9.46. The zero-order chi connectivity index (χ0) is 12.1. The Morgan fingerprint density at radius 1 is 1.24 bits per heavy atom. The molecule has 2 heterocycles. The molecule has 1 unspecified atom stereocenters. The van der Waals surface area contributed by atoms with Crippen molar-refractivity contribution in [3.05, 3.63) is 54.0 Å². The van der Waals surface area contributed by atoms with Gasteiger partial charge >= 0.3 is 0 Å². The standard InChI is InChI=1S/C13H12N4/c1-10(11-4-7-15-8-5-11)17-13-12(9-14)3-2-6-16-13/h2-8,10H,1H3,(H,16,17). The summed E-state index contributed by atoms with van der Waals surface area (Å²) in [5, 5.41) is 12.2. The molecule has 0 bridgehead atoms. The molecule has 0 aliphatic rings. The lowest BCUT2D eigenvalue weighted by Crippen LogP contribution is -2.09. The molecule has 0 aromatic carbocycles. The van der Waals surface area contributed by atoms with E-state index in [0.29, 0.717) is 11.4 Å². The van der Waals surface area contributed by atoms with Gasteiger partial charge in [-0.1, -0.05) is 0 Å². The Balaban J connectivity index is 2.19. The minimum Gasteiger partial charge on any atom is -0.362 e. The molecule has 1 N–H and O–H groups in total. The van der Waals surface area contributed by atoms with Gasteiger partial charge in [-0.3, -0.25) is 4.98 Å². The van der Waals surface area contributed by atoms with E-state index < -0.39 is 0 Å². The van der Waals surface area contributed by atoms with Crippen molar-refractivity contribution in [2.75, 3.05) is 5.32 Å². The summed E-state index contributed by atoms with van der Waals surface area (Å²) in [6.07, 6.45) is 5.16. The van der Waals surface area contributed by atoms with E-state index in [1.165, 1.54) is 0 Å². The van der Waals surface area contributed by atoms with Crippen molar-refractivity contribution in [1.29, 1.82) is 5.26 Å². The lowest BCUT2D eigenvalue weighted by molar-refractivity contribution is 0.870. The van der Waals surface area contributed by atoms with Crippen LogP contribution in [-0.2, 0) is 0 Å². The van der Waals surface area contributed by atoms with E-state index >= 15 is 0 Å². The Labute approximate surface area is 100.0 Å². The van der Waals surface area contributed by atoms with Gasteiger partial charge in [0, 0.05) is 18.6 Å². The van der Waals surface area contributed by atoms with Gasteiger partial charge in [-0.25, -0.2) is 4.98 Å². The van der Waals surface area contributed by atoms with E-state index in [9.17, 15) is 0 Å². The highest BCUT2D eigenvalue weighted by Crippen LogP contribution is 2.19. The van der Waals surface area contributed by atoms with Crippen molar-refractivity contribution in [3.63, 3.8) is 0 Å². The molecule has 0 aliphatic heterocycles. The molecule has 2 rings (SSSR count). The van der Waals surface area contributed by atoms with Gasteiger partial charge in [0.1, 0.15) is 11.9 Å². The number of nitriles is 1. The van der Waals surface area contributed by atoms with E-state index in [1.807, 2.05) is 19.1 Å². The van der Waals surface area contributed by atoms with Crippen molar-refractivity contribution in [3.8, 4) is 6.07 Å². The summed E-state index contributed by atoms with van der Waals surface area (Å²) < 4.78 is 0. The highest BCUT2D eigenvalue weighted by molar-refractivity contribution is 5.52. The van der Waals surface area contributed by atoms with Crippen LogP contribution in [0.2, 0.25) is 0 Å². The molecule has 2 aromatic rings. The second-order valence-corrected chi connectivity index (χ2v) is 3.66. The van der Waals surface area contributed by atoms with Crippen LogP contribution in [0.1, 0.15) is 24.1 Å². The number of rotatable bonds is 3. The maximum Gasteiger partial charge on any atom is 0.144 e. The van der Waals surface area contributed by atoms with Crippen LogP contribution < -0.4 is 5.32 Å². The normalized spacial score (nSPS) is 11.5. The van der Waals surface area contributed by atoms with Crippen LogP contribution in [0, 0.1) is 11.3 Å². The minimum absolute atomic E-state index is 0.0833. The van der Waals surface area contributed by atoms with E-state index in [0.717, 1.165) is 5.56 Å². The Morgan fingerprint density at radius 2 is 2.00 bits per heavy atom. The fourth-order valence-electron chi connectivity index (χ4n) is 1.55. The first kappa shape index (κ1) is 11.1. The summed E-state index contributed by atoms with van der Waals surface area (Å²) in [5.41, 5.74) is 1.66. The lowest BCUT2D eigenvalue weighted by atomic mass is 10.1. The third-order valence-corrected chi connectivity index (χ3v) is 2.49. The molecule has 0 spiro atoms. The molecule has 2 aromatic heterocycles. The van der Waals surface area contributed by atoms with Crippen LogP contribution in [0.5, 0.6) is 0 Å². The molecular formula is C13H12N4. The van der Waals surface area contributed by atoms with Crippen LogP contribution >= 0.6 is 0 Å². The van der Waals surface area contributed by atoms with Gasteiger partial charge in [0.15, 0.2) is 0 Å². The maximum atomic E-state index is 8.96. The number of anilines is 1. The number of nitrogens with zero attached hydrogens (tertiary/aromatic N) is 3. The van der Waals surface area contributed by atoms with Gasteiger partial charge in [-0.2, -0.15) is 5.26 Å². The summed E-state index contributed by atoms with van der Waals surface area (Å²) in [5.74, 6) is 0.610. The molecule has 4 nitrogen and oxygen atoms in total. The zero-order valence-electron chi connectivity index (χ0n) is 9.46. The molecule has 1 atom stereocenters. The smallest absolute Gasteiger partial charge is 0.144 e. The SMILES string of the molecule is CC(Nc1ncccc1C#N)c1ccncc1. The van der Waals surface area contributed by atoms with Gasteiger partial charge in [0.05, 0.1) is 11.6 Å². The number of hydrogen-bond donors (Lipinski definition) is 1. The van der Waals surface area contributed by atoms with Crippen molar-refractivity contribution in [1.82, 2.24) is 9.97 Å². The van der Waals surface area contributed by atoms with Gasteiger partial charge in [0.2, 0.25) is 0 Å².